The summed E-state index contributed by atoms with van der Waals surface area (Å²) in [6.07, 6.45) is -1.79. The van der Waals surface area contributed by atoms with Gasteiger partial charge in [-0.2, -0.15) is 0 Å². The molecule has 154 valence electrons. The number of carbonyl (C=O) groups is 2. The van der Waals surface area contributed by atoms with E-state index in [1.807, 2.05) is 0 Å². The molecular weight excluding hydrogens is 399 g/mol. The van der Waals surface area contributed by atoms with Gasteiger partial charge < -0.3 is 14.4 Å². The first kappa shape index (κ1) is 19.8. The molecule has 0 fully saturated rings. The second kappa shape index (κ2) is 6.76. The van der Waals surface area contributed by atoms with Gasteiger partial charge in [-0.3, -0.25) is 4.79 Å². The van der Waals surface area contributed by atoms with E-state index in [0.717, 1.165) is 12.1 Å². The van der Waals surface area contributed by atoms with Crippen molar-refractivity contribution >= 4 is 23.1 Å². The molecule has 1 heterocycles. The number of halogens is 3. The van der Waals surface area contributed by atoms with Crippen molar-refractivity contribution in [2.45, 2.75) is 11.8 Å². The Labute approximate surface area is 170 Å². The number of rotatable bonds is 3. The highest BCUT2D eigenvalue weighted by Gasteiger charge is 2.59. The quantitative estimate of drug-likeness (QED) is 0.712. The summed E-state index contributed by atoms with van der Waals surface area (Å²) < 4.78 is 47.4. The van der Waals surface area contributed by atoms with Crippen LogP contribution in [0.4, 0.5) is 18.9 Å². The van der Waals surface area contributed by atoms with Gasteiger partial charge in [0, 0.05) is 18.3 Å². The number of hydrogen-bond donors (Lipinski definition) is 0. The Morgan fingerprint density at radius 1 is 1.07 bits per heavy atom. The first-order chi connectivity index (χ1) is 14.2. The lowest BCUT2D eigenvalue weighted by atomic mass is 9.70. The number of ether oxygens (including phenoxy) is 2. The number of nitrogens with zero attached hydrogens (tertiary/aromatic N) is 1. The highest BCUT2D eigenvalue weighted by atomic mass is 19.4. The number of benzene rings is 2. The Kier molecular flexibility index (Phi) is 4.45. The maximum absolute atomic E-state index is 13.6. The second-order valence-electron chi connectivity index (χ2n) is 6.86. The molecule has 4 rings (SSSR count). The average Bonchev–Trinajstić information content (AvgIpc) is 3.21. The zero-order valence-electron chi connectivity index (χ0n) is 16.0. The molecule has 2 aromatic carbocycles. The number of esters is 1. The van der Waals surface area contributed by atoms with Gasteiger partial charge in [-0.1, -0.05) is 36.4 Å². The van der Waals surface area contributed by atoms with E-state index in [1.165, 1.54) is 31.2 Å². The van der Waals surface area contributed by atoms with Crippen LogP contribution < -0.4 is 9.64 Å². The molecule has 0 aromatic heterocycles. The van der Waals surface area contributed by atoms with Gasteiger partial charge in [0.15, 0.2) is 0 Å². The number of allylic oxidation sites excluding steroid dienone is 2. The molecule has 2 aromatic rings. The third-order valence-corrected chi connectivity index (χ3v) is 5.31. The Morgan fingerprint density at radius 2 is 1.77 bits per heavy atom. The van der Waals surface area contributed by atoms with Crippen LogP contribution in [0.15, 0.2) is 66.3 Å². The van der Waals surface area contributed by atoms with Gasteiger partial charge in [0.05, 0.1) is 12.7 Å². The molecule has 30 heavy (non-hydrogen) atoms. The van der Waals surface area contributed by atoms with Crippen molar-refractivity contribution in [2.24, 2.45) is 0 Å². The Bertz CT molecular complexity index is 1110. The molecule has 0 saturated carbocycles. The van der Waals surface area contributed by atoms with E-state index in [-0.39, 0.29) is 11.1 Å². The molecule has 0 saturated heterocycles. The predicted octanol–water partition coefficient (Wildman–Crippen LogP) is 4.00. The summed E-state index contributed by atoms with van der Waals surface area (Å²) in [6.45, 7) is 0. The van der Waals surface area contributed by atoms with Gasteiger partial charge >= 0.3 is 12.3 Å². The number of likely N-dealkylation sites (N-methyl/N-ethyl adjacent to an activating group) is 1. The highest BCUT2D eigenvalue weighted by molar-refractivity contribution is 6.24. The zero-order chi connectivity index (χ0) is 21.7. The third kappa shape index (κ3) is 2.79. The van der Waals surface area contributed by atoms with Gasteiger partial charge in [-0.05, 0) is 35.4 Å². The molecule has 1 aliphatic heterocycles. The molecule has 1 amide bonds. The Morgan fingerprint density at radius 3 is 2.40 bits per heavy atom. The number of fused-ring (bicyclic) bond motifs is 2. The number of carbonyl (C=O) groups excluding carboxylic acids is 2. The molecule has 2 aliphatic rings. The van der Waals surface area contributed by atoms with Gasteiger partial charge in [-0.25, -0.2) is 4.79 Å². The van der Waals surface area contributed by atoms with Gasteiger partial charge in [0.1, 0.15) is 11.2 Å². The molecular formula is C22H16F3NO4. The summed E-state index contributed by atoms with van der Waals surface area (Å²) in [7, 11) is 2.70. The summed E-state index contributed by atoms with van der Waals surface area (Å²) in [5.41, 5.74) is 0.133. The van der Waals surface area contributed by atoms with Crippen molar-refractivity contribution in [2.75, 3.05) is 19.1 Å². The lowest BCUT2D eigenvalue weighted by Gasteiger charge is -2.29. The molecule has 5 nitrogen and oxygen atoms in total. The molecule has 0 radical (unpaired) electrons. The van der Waals surface area contributed by atoms with Crippen molar-refractivity contribution in [1.29, 1.82) is 0 Å². The van der Waals surface area contributed by atoms with Crippen molar-refractivity contribution in [1.82, 2.24) is 0 Å². The van der Waals surface area contributed by atoms with Crippen LogP contribution >= 0.6 is 0 Å². The number of hydrogen-bond acceptors (Lipinski definition) is 4. The van der Waals surface area contributed by atoms with Crippen molar-refractivity contribution in [3.05, 3.63) is 77.4 Å². The average molecular weight is 415 g/mol. The van der Waals surface area contributed by atoms with Crippen molar-refractivity contribution in [3.63, 3.8) is 0 Å². The van der Waals surface area contributed by atoms with Crippen LogP contribution in [0.3, 0.4) is 0 Å². The first-order valence-electron chi connectivity index (χ1n) is 8.95. The Balaban J connectivity index is 1.99. The van der Waals surface area contributed by atoms with Gasteiger partial charge in [0.25, 0.3) is 0 Å². The maximum Gasteiger partial charge on any atom is 0.573 e. The van der Waals surface area contributed by atoms with E-state index >= 15 is 0 Å². The minimum Gasteiger partial charge on any atom is -0.466 e. The molecule has 0 bridgehead atoms. The van der Waals surface area contributed by atoms with Crippen LogP contribution in [0.1, 0.15) is 11.1 Å². The molecule has 1 atom stereocenters. The zero-order valence-corrected chi connectivity index (χ0v) is 16.0. The summed E-state index contributed by atoms with van der Waals surface area (Å²) in [5, 5.41) is 0. The van der Waals surface area contributed by atoms with E-state index in [1.54, 1.807) is 36.4 Å². The number of alkyl halides is 3. The fraction of sp³-hybridized carbons (Fsp3) is 0.182. The fourth-order valence-corrected chi connectivity index (χ4v) is 4.13. The smallest absolute Gasteiger partial charge is 0.466 e. The molecule has 0 N–H and O–H groups in total. The number of anilines is 1. The van der Waals surface area contributed by atoms with Crippen LogP contribution in [0, 0.1) is 0 Å². The predicted molar refractivity (Wildman–Crippen MR) is 103 cm³/mol. The largest absolute Gasteiger partial charge is 0.573 e. The lowest BCUT2D eigenvalue weighted by Crippen LogP contribution is -2.42. The lowest BCUT2D eigenvalue weighted by molar-refractivity contribution is -0.274. The summed E-state index contributed by atoms with van der Waals surface area (Å²) >= 11 is 0. The molecule has 0 unspecified atom stereocenters. The van der Waals surface area contributed by atoms with Crippen LogP contribution in [0.5, 0.6) is 5.75 Å². The van der Waals surface area contributed by atoms with Crippen LogP contribution in [0.2, 0.25) is 0 Å². The van der Waals surface area contributed by atoms with E-state index < -0.39 is 29.4 Å². The monoisotopic (exact) mass is 415 g/mol. The van der Waals surface area contributed by atoms with Gasteiger partial charge in [-0.15, -0.1) is 13.2 Å². The van der Waals surface area contributed by atoms with E-state index in [2.05, 4.69) is 4.74 Å². The minimum atomic E-state index is -4.90. The van der Waals surface area contributed by atoms with E-state index in [9.17, 15) is 22.8 Å². The SMILES string of the molecule is COC(=O)C1=CC=C(c2ccccc2)[C@]12C(=O)N(C)c1ccc(OC(F)(F)F)cc12. The van der Waals surface area contributed by atoms with Crippen LogP contribution in [-0.2, 0) is 19.7 Å². The molecule has 1 spiro atoms. The molecule has 1 aliphatic carbocycles. The standard InChI is InChI=1S/C22H16F3NO4/c1-26-18-11-8-14(30-22(23,24)25)12-17(18)21(20(26)28)15(13-6-4-3-5-7-13)9-10-16(21)19(27)29-2/h3-12H,1-2H3/t21-/m0/s1. The topological polar surface area (TPSA) is 55.8 Å². The highest BCUT2D eigenvalue weighted by Crippen LogP contribution is 2.56. The summed E-state index contributed by atoms with van der Waals surface area (Å²) in [6, 6.07) is 12.5. The third-order valence-electron chi connectivity index (χ3n) is 5.31. The fourth-order valence-electron chi connectivity index (χ4n) is 4.13. The summed E-state index contributed by atoms with van der Waals surface area (Å²) in [5.74, 6) is -1.69. The second-order valence-corrected chi connectivity index (χ2v) is 6.86. The molecule has 8 heteroatoms. The summed E-state index contributed by atoms with van der Waals surface area (Å²) in [4.78, 5) is 27.5. The number of methoxy groups -OCH3 is 1. The van der Waals surface area contributed by atoms with E-state index in [0.29, 0.717) is 16.8 Å². The Hall–Kier alpha value is -3.55. The normalized spacial score (nSPS) is 20.2. The van der Waals surface area contributed by atoms with Gasteiger partial charge in [0.2, 0.25) is 5.91 Å². The number of amides is 1. The van der Waals surface area contributed by atoms with Crippen molar-refractivity contribution in [3.8, 4) is 5.75 Å². The van der Waals surface area contributed by atoms with E-state index in [4.69, 9.17) is 4.74 Å². The van der Waals surface area contributed by atoms with Crippen LogP contribution in [-0.4, -0.2) is 32.4 Å². The first-order valence-corrected chi connectivity index (χ1v) is 8.95. The minimum absolute atomic E-state index is 0.0311. The van der Waals surface area contributed by atoms with Crippen molar-refractivity contribution < 1.29 is 32.2 Å². The maximum atomic E-state index is 13.6. The van der Waals surface area contributed by atoms with Crippen LogP contribution in [0.25, 0.3) is 5.57 Å².